The van der Waals surface area contributed by atoms with Crippen molar-refractivity contribution >= 4 is 15.4 Å². The van der Waals surface area contributed by atoms with Gasteiger partial charge in [0, 0.05) is 43.2 Å². The van der Waals surface area contributed by atoms with Crippen LogP contribution in [0.1, 0.15) is 42.6 Å². The summed E-state index contributed by atoms with van der Waals surface area (Å²) in [5, 5.41) is 13.5. The number of imidazole rings is 1. The maximum Gasteiger partial charge on any atom is 0.149 e. The van der Waals surface area contributed by atoms with Crippen LogP contribution in [0.2, 0.25) is 0 Å². The first kappa shape index (κ1) is 30.9. The molecule has 5 rings (SSSR count). The van der Waals surface area contributed by atoms with Crippen LogP contribution in [0.4, 0.5) is 8.78 Å². The second kappa shape index (κ2) is 13.0. The summed E-state index contributed by atoms with van der Waals surface area (Å²) in [6.07, 6.45) is 7.96. The lowest BCUT2D eigenvalue weighted by atomic mass is 9.73. The zero-order chi connectivity index (χ0) is 30.7. The highest BCUT2D eigenvalue weighted by Gasteiger charge is 2.36. The van der Waals surface area contributed by atoms with Gasteiger partial charge in [-0.15, -0.1) is 0 Å². The van der Waals surface area contributed by atoms with Crippen molar-refractivity contribution in [3.8, 4) is 17.0 Å². The fraction of sp³-hybridized carbons (Fsp3) is 0.433. The number of hydrogen-bond donors (Lipinski definition) is 2. The van der Waals surface area contributed by atoms with E-state index in [1.54, 1.807) is 29.2 Å². The van der Waals surface area contributed by atoms with Crippen molar-refractivity contribution in [3.63, 3.8) is 0 Å². The Morgan fingerprint density at radius 1 is 1.12 bits per heavy atom. The first-order chi connectivity index (χ1) is 20.5. The molecule has 43 heavy (non-hydrogen) atoms. The maximum absolute atomic E-state index is 15.0. The lowest BCUT2D eigenvalue weighted by Gasteiger charge is -2.39. The minimum absolute atomic E-state index is 0.0233. The van der Waals surface area contributed by atoms with E-state index in [4.69, 9.17) is 20.3 Å². The largest absolute Gasteiger partial charge is 0.491 e. The summed E-state index contributed by atoms with van der Waals surface area (Å²) in [6, 6.07) is 7.07. The number of ether oxygens (including phenoxy) is 2. The van der Waals surface area contributed by atoms with Gasteiger partial charge in [-0.25, -0.2) is 26.7 Å². The minimum atomic E-state index is -3.12. The standard InChI is InChI=1S/C30H35F2N5O5S/c1-18-11-19(12-26(33)30(18)42-9-10-43(2,39)40)23-5-6-34-16-20(23)13-28-35-17-21-3-4-27(36-37(21)28)29-24(31)14-22(15-25(29)32)41-8-7-38/h3-6,14-19,26,30,38H,7-13,33H2,1-2H3/t18-,19+,26+,30-/m0/s1. The molecular formula is C30H35F2N5O5S. The van der Waals surface area contributed by atoms with E-state index in [0.29, 0.717) is 24.2 Å². The second-order valence-corrected chi connectivity index (χ2v) is 13.3. The maximum atomic E-state index is 15.0. The topological polar surface area (TPSA) is 142 Å². The van der Waals surface area contributed by atoms with Crippen LogP contribution in [-0.2, 0) is 21.0 Å². The van der Waals surface area contributed by atoms with Crippen molar-refractivity contribution in [1.82, 2.24) is 19.6 Å². The Morgan fingerprint density at radius 2 is 1.88 bits per heavy atom. The summed E-state index contributed by atoms with van der Waals surface area (Å²) in [5.74, 6) is -0.929. The summed E-state index contributed by atoms with van der Waals surface area (Å²) in [4.78, 5) is 8.89. The lowest BCUT2D eigenvalue weighted by molar-refractivity contribution is -0.0154. The molecular weight excluding hydrogens is 580 g/mol. The number of rotatable bonds is 11. The quantitative estimate of drug-likeness (QED) is 0.260. The van der Waals surface area contributed by atoms with E-state index in [9.17, 15) is 17.2 Å². The van der Waals surface area contributed by atoms with Gasteiger partial charge in [-0.1, -0.05) is 6.92 Å². The Bertz CT molecular complexity index is 1660. The normalized spacial score (nSPS) is 20.9. The third-order valence-corrected chi connectivity index (χ3v) is 8.68. The first-order valence-corrected chi connectivity index (χ1v) is 16.1. The van der Waals surface area contributed by atoms with Crippen molar-refractivity contribution in [2.24, 2.45) is 11.7 Å². The van der Waals surface area contributed by atoms with Crippen LogP contribution in [0, 0.1) is 17.6 Å². The van der Waals surface area contributed by atoms with Crippen LogP contribution in [0.25, 0.3) is 16.8 Å². The van der Waals surface area contributed by atoms with Crippen molar-refractivity contribution in [3.05, 3.63) is 77.5 Å². The van der Waals surface area contributed by atoms with Gasteiger partial charge in [-0.05, 0) is 54.0 Å². The van der Waals surface area contributed by atoms with Gasteiger partial charge >= 0.3 is 0 Å². The fourth-order valence-electron chi connectivity index (χ4n) is 5.82. The van der Waals surface area contributed by atoms with Crippen LogP contribution >= 0.6 is 0 Å². The Kier molecular flexibility index (Phi) is 9.35. The molecule has 0 saturated heterocycles. The Hall–Kier alpha value is -3.52. The summed E-state index contributed by atoms with van der Waals surface area (Å²) in [6.45, 7) is 1.82. The monoisotopic (exact) mass is 615 g/mol. The molecule has 3 N–H and O–H groups in total. The predicted octanol–water partition coefficient (Wildman–Crippen LogP) is 3.30. The molecule has 0 radical (unpaired) electrons. The van der Waals surface area contributed by atoms with Gasteiger partial charge in [0.2, 0.25) is 0 Å². The van der Waals surface area contributed by atoms with Gasteiger partial charge in [0.05, 0.1) is 48.0 Å². The van der Waals surface area contributed by atoms with E-state index >= 15 is 0 Å². The predicted molar refractivity (Wildman–Crippen MR) is 157 cm³/mol. The molecule has 0 spiro atoms. The molecule has 13 heteroatoms. The highest BCUT2D eigenvalue weighted by atomic mass is 32.2. The Balaban J connectivity index is 1.37. The summed E-state index contributed by atoms with van der Waals surface area (Å²) >= 11 is 0. The molecule has 1 aliphatic rings. The Morgan fingerprint density at radius 3 is 2.58 bits per heavy atom. The molecule has 1 saturated carbocycles. The summed E-state index contributed by atoms with van der Waals surface area (Å²) < 4.78 is 65.6. The van der Waals surface area contributed by atoms with Crippen LogP contribution in [-0.4, -0.2) is 77.1 Å². The Labute approximate surface area is 248 Å². The fourth-order valence-corrected chi connectivity index (χ4v) is 6.22. The number of benzene rings is 1. The number of nitrogens with two attached hydrogens (primary N) is 1. The van der Waals surface area contributed by atoms with Gasteiger partial charge in [0.1, 0.15) is 39.7 Å². The van der Waals surface area contributed by atoms with E-state index < -0.39 is 21.5 Å². The van der Waals surface area contributed by atoms with Gasteiger partial charge in [0.25, 0.3) is 0 Å². The minimum Gasteiger partial charge on any atom is -0.491 e. The average molecular weight is 616 g/mol. The second-order valence-electron chi connectivity index (χ2n) is 11.1. The van der Waals surface area contributed by atoms with Crippen LogP contribution in [0.5, 0.6) is 5.75 Å². The van der Waals surface area contributed by atoms with Gasteiger partial charge in [-0.3, -0.25) is 4.98 Å². The van der Waals surface area contributed by atoms with Crippen LogP contribution in [0.15, 0.2) is 48.9 Å². The number of sulfone groups is 1. The number of aromatic nitrogens is 4. The smallest absolute Gasteiger partial charge is 0.149 e. The number of pyridine rings is 1. The van der Waals surface area contributed by atoms with E-state index in [-0.39, 0.29) is 66.6 Å². The molecule has 1 fully saturated rings. The molecule has 1 aromatic carbocycles. The number of hydrogen-bond acceptors (Lipinski definition) is 9. The number of fused-ring (bicyclic) bond motifs is 1. The lowest BCUT2D eigenvalue weighted by Crippen LogP contribution is -2.47. The molecule has 0 bridgehead atoms. The van der Waals surface area contributed by atoms with Gasteiger partial charge in [-0.2, -0.15) is 5.10 Å². The zero-order valence-corrected chi connectivity index (χ0v) is 24.8. The van der Waals surface area contributed by atoms with Gasteiger partial charge < -0.3 is 20.3 Å². The molecule has 4 atom stereocenters. The number of nitrogens with zero attached hydrogens (tertiary/aromatic N) is 4. The van der Waals surface area contributed by atoms with Crippen molar-refractivity contribution in [2.75, 3.05) is 31.8 Å². The van der Waals surface area contributed by atoms with Crippen LogP contribution < -0.4 is 10.5 Å². The SMILES string of the molecule is C[C@H]1C[C@@H](c2ccncc2Cc2ncc3ccc(-c4c(F)cc(OCCO)cc4F)nn23)C[C@@H](N)[C@H]1OCCS(C)(=O)=O. The highest BCUT2D eigenvalue weighted by Crippen LogP contribution is 2.38. The third-order valence-electron chi connectivity index (χ3n) is 7.78. The molecule has 10 nitrogen and oxygen atoms in total. The van der Waals surface area contributed by atoms with E-state index in [0.717, 1.165) is 29.7 Å². The molecule has 3 heterocycles. The summed E-state index contributed by atoms with van der Waals surface area (Å²) in [5.41, 5.74) is 9.02. The molecule has 0 aliphatic heterocycles. The molecule has 0 amide bonds. The van der Waals surface area contributed by atoms with E-state index in [1.807, 2.05) is 6.07 Å². The summed E-state index contributed by atoms with van der Waals surface area (Å²) in [7, 11) is -3.12. The third kappa shape index (κ3) is 7.18. The zero-order valence-electron chi connectivity index (χ0n) is 24.0. The number of halogens is 2. The van der Waals surface area contributed by atoms with E-state index in [1.165, 1.54) is 12.3 Å². The van der Waals surface area contributed by atoms with Crippen molar-refractivity contribution < 1.29 is 31.8 Å². The first-order valence-electron chi connectivity index (χ1n) is 14.1. The van der Waals surface area contributed by atoms with E-state index in [2.05, 4.69) is 22.0 Å². The van der Waals surface area contributed by atoms with Gasteiger partial charge in [0.15, 0.2) is 0 Å². The molecule has 0 unspecified atom stereocenters. The van der Waals surface area contributed by atoms with Crippen LogP contribution in [0.3, 0.4) is 0 Å². The number of aliphatic hydroxyl groups excluding tert-OH is 1. The molecule has 1 aliphatic carbocycles. The number of aliphatic hydroxyl groups is 1. The molecule has 230 valence electrons. The van der Waals surface area contributed by atoms with Crippen molar-refractivity contribution in [1.29, 1.82) is 0 Å². The molecule has 3 aromatic heterocycles. The van der Waals surface area contributed by atoms with Crippen molar-refractivity contribution in [2.45, 2.75) is 44.2 Å². The highest BCUT2D eigenvalue weighted by molar-refractivity contribution is 7.90. The molecule has 4 aromatic rings. The average Bonchev–Trinajstić information content (AvgIpc) is 3.34.